The summed E-state index contributed by atoms with van der Waals surface area (Å²) in [5.41, 5.74) is 0. The molecule has 0 aromatic heterocycles. The molecule has 0 atom stereocenters. The molecule has 0 N–H and O–H groups in total. The molecule has 0 fully saturated rings. The van der Waals surface area contributed by atoms with Gasteiger partial charge in [0.15, 0.2) is 8.32 Å². The predicted molar refractivity (Wildman–Crippen MR) is 85.8 cm³/mol. The summed E-state index contributed by atoms with van der Waals surface area (Å²) < 4.78 is 6.26. The smallest absolute Gasteiger partial charge is 0.191 e. The highest BCUT2D eigenvalue weighted by molar-refractivity contribution is 6.73. The third kappa shape index (κ3) is 8.31. The van der Waals surface area contributed by atoms with Crippen molar-refractivity contribution < 1.29 is 4.43 Å². The highest BCUT2D eigenvalue weighted by Gasteiger charge is 2.27. The van der Waals surface area contributed by atoms with Gasteiger partial charge in [-0.05, 0) is 24.6 Å². The second-order valence-electron chi connectivity index (χ2n) is 5.57. The normalized spacial score (nSPS) is 12.0. The van der Waals surface area contributed by atoms with Gasteiger partial charge in [0.25, 0.3) is 0 Å². The van der Waals surface area contributed by atoms with Crippen molar-refractivity contribution in [2.75, 3.05) is 6.61 Å². The molecule has 0 unspecified atom stereocenters. The molecule has 2 heteroatoms. The lowest BCUT2D eigenvalue weighted by atomic mass is 10.1. The van der Waals surface area contributed by atoms with Crippen LogP contribution in [-0.4, -0.2) is 14.9 Å². The topological polar surface area (TPSA) is 9.23 Å². The Hall–Kier alpha value is 0.177. The van der Waals surface area contributed by atoms with E-state index in [0.717, 1.165) is 6.61 Å². The summed E-state index contributed by atoms with van der Waals surface area (Å²) in [6.07, 6.45) is 11.1. The Morgan fingerprint density at radius 1 is 0.611 bits per heavy atom. The van der Waals surface area contributed by atoms with E-state index in [4.69, 9.17) is 4.43 Å². The lowest BCUT2D eigenvalue weighted by Crippen LogP contribution is -2.36. The molecular weight excluding hydrogens is 236 g/mol. The van der Waals surface area contributed by atoms with Crippen LogP contribution in [0.1, 0.15) is 79.1 Å². The monoisotopic (exact) mass is 272 g/mol. The van der Waals surface area contributed by atoms with Crippen LogP contribution in [0.25, 0.3) is 0 Å². The number of unbranched alkanes of at least 4 members (excludes halogenated alkanes) is 7. The largest absolute Gasteiger partial charge is 0.417 e. The van der Waals surface area contributed by atoms with Crippen molar-refractivity contribution in [2.45, 2.75) is 97.2 Å². The Balaban J connectivity index is 3.38. The van der Waals surface area contributed by atoms with Crippen molar-refractivity contribution >= 4 is 8.32 Å². The van der Waals surface area contributed by atoms with Gasteiger partial charge in [-0.15, -0.1) is 0 Å². The summed E-state index contributed by atoms with van der Waals surface area (Å²) in [6, 6.07) is 3.87. The van der Waals surface area contributed by atoms with Gasteiger partial charge in [-0.25, -0.2) is 0 Å². The van der Waals surface area contributed by atoms with Gasteiger partial charge >= 0.3 is 0 Å². The van der Waals surface area contributed by atoms with E-state index in [1.54, 1.807) is 0 Å². The molecule has 0 spiro atoms. The van der Waals surface area contributed by atoms with Gasteiger partial charge in [0.05, 0.1) is 0 Å². The molecular formula is C16H36OSi. The quantitative estimate of drug-likeness (QED) is 0.289. The van der Waals surface area contributed by atoms with E-state index < -0.39 is 8.32 Å². The molecule has 0 saturated carbocycles. The van der Waals surface area contributed by atoms with Crippen LogP contribution in [0.3, 0.4) is 0 Å². The van der Waals surface area contributed by atoms with E-state index in [9.17, 15) is 0 Å². The summed E-state index contributed by atoms with van der Waals surface area (Å²) >= 11 is 0. The summed E-state index contributed by atoms with van der Waals surface area (Å²) in [5.74, 6) is 0. The fraction of sp³-hybridized carbons (Fsp3) is 1.00. The van der Waals surface area contributed by atoms with Crippen LogP contribution in [-0.2, 0) is 4.43 Å². The zero-order valence-corrected chi connectivity index (χ0v) is 14.4. The molecule has 0 aliphatic heterocycles. The van der Waals surface area contributed by atoms with Gasteiger partial charge in [0, 0.05) is 6.61 Å². The molecule has 0 heterocycles. The van der Waals surface area contributed by atoms with Crippen LogP contribution in [0.4, 0.5) is 0 Å². The zero-order chi connectivity index (χ0) is 13.7. The highest BCUT2D eigenvalue weighted by atomic mass is 28.4. The Bertz CT molecular complexity index is 158. The summed E-state index contributed by atoms with van der Waals surface area (Å²) in [5, 5.41) is 0. The molecule has 0 radical (unpaired) electrons. The molecule has 0 aliphatic carbocycles. The molecule has 0 aliphatic rings. The molecule has 110 valence electrons. The van der Waals surface area contributed by atoms with Gasteiger partial charge in [-0.1, -0.05) is 72.6 Å². The number of hydrogen-bond donors (Lipinski definition) is 0. The van der Waals surface area contributed by atoms with E-state index >= 15 is 0 Å². The lowest BCUT2D eigenvalue weighted by Gasteiger charge is -2.27. The number of hydrogen-bond acceptors (Lipinski definition) is 1. The second-order valence-corrected chi connectivity index (χ2v) is 10.3. The molecule has 0 aromatic rings. The fourth-order valence-corrected chi connectivity index (χ4v) is 5.27. The maximum atomic E-state index is 6.26. The highest BCUT2D eigenvalue weighted by Crippen LogP contribution is 2.22. The third-order valence-electron chi connectivity index (χ3n) is 4.34. The Labute approximate surface area is 117 Å². The molecule has 0 amide bonds. The van der Waals surface area contributed by atoms with E-state index in [1.807, 2.05) is 0 Å². The fourth-order valence-electron chi connectivity index (χ4n) is 2.58. The minimum atomic E-state index is -1.30. The van der Waals surface area contributed by atoms with Crippen molar-refractivity contribution in [3.63, 3.8) is 0 Å². The summed E-state index contributed by atoms with van der Waals surface area (Å²) in [4.78, 5) is 0. The average molecular weight is 273 g/mol. The van der Waals surface area contributed by atoms with Crippen molar-refractivity contribution in [1.29, 1.82) is 0 Å². The summed E-state index contributed by atoms with van der Waals surface area (Å²) in [7, 11) is -1.30. The average Bonchev–Trinajstić information content (AvgIpc) is 2.42. The van der Waals surface area contributed by atoms with E-state index in [2.05, 4.69) is 27.7 Å². The van der Waals surface area contributed by atoms with Gasteiger partial charge in [0.2, 0.25) is 0 Å². The Kier molecular flexibility index (Phi) is 12.3. The molecule has 1 nitrogen and oxygen atoms in total. The first kappa shape index (κ1) is 18.2. The summed E-state index contributed by atoms with van der Waals surface area (Å²) in [6.45, 7) is 10.2. The van der Waals surface area contributed by atoms with Gasteiger partial charge < -0.3 is 4.43 Å². The minimum absolute atomic E-state index is 1.02. The van der Waals surface area contributed by atoms with Crippen LogP contribution in [0.2, 0.25) is 18.1 Å². The van der Waals surface area contributed by atoms with Gasteiger partial charge in [-0.3, -0.25) is 0 Å². The van der Waals surface area contributed by atoms with Crippen LogP contribution in [0.5, 0.6) is 0 Å². The van der Waals surface area contributed by atoms with E-state index in [0.29, 0.717) is 0 Å². The van der Waals surface area contributed by atoms with Gasteiger partial charge in [0.1, 0.15) is 0 Å². The molecule has 0 bridgehead atoms. The van der Waals surface area contributed by atoms with E-state index in [-0.39, 0.29) is 0 Å². The van der Waals surface area contributed by atoms with Crippen molar-refractivity contribution in [3.05, 3.63) is 0 Å². The van der Waals surface area contributed by atoms with Crippen molar-refractivity contribution in [1.82, 2.24) is 0 Å². The van der Waals surface area contributed by atoms with Crippen LogP contribution in [0, 0.1) is 0 Å². The molecule has 0 rings (SSSR count). The maximum absolute atomic E-state index is 6.26. The van der Waals surface area contributed by atoms with Crippen molar-refractivity contribution in [3.8, 4) is 0 Å². The van der Waals surface area contributed by atoms with Crippen LogP contribution >= 0.6 is 0 Å². The minimum Gasteiger partial charge on any atom is -0.417 e. The third-order valence-corrected chi connectivity index (χ3v) is 9.02. The molecule has 18 heavy (non-hydrogen) atoms. The second kappa shape index (κ2) is 12.2. The molecule has 0 aromatic carbocycles. The maximum Gasteiger partial charge on any atom is 0.191 e. The van der Waals surface area contributed by atoms with Crippen LogP contribution in [0.15, 0.2) is 0 Å². The van der Waals surface area contributed by atoms with Crippen molar-refractivity contribution in [2.24, 2.45) is 0 Å². The number of rotatable bonds is 13. The standard InChI is InChI=1S/C16H36OSi/c1-5-9-10-11-12-13-14-15-16-17-18(6-2,7-3)8-4/h5-16H2,1-4H3. The Morgan fingerprint density at radius 3 is 1.50 bits per heavy atom. The van der Waals surface area contributed by atoms with E-state index in [1.165, 1.54) is 69.5 Å². The van der Waals surface area contributed by atoms with Crippen LogP contribution < -0.4 is 0 Å². The lowest BCUT2D eigenvalue weighted by molar-refractivity contribution is 0.287. The first-order valence-corrected chi connectivity index (χ1v) is 10.9. The SMILES string of the molecule is CCCCCCCCCCO[Si](CC)(CC)CC. The Morgan fingerprint density at radius 2 is 1.06 bits per heavy atom. The predicted octanol–water partition coefficient (Wildman–Crippen LogP) is 6.15. The first-order chi connectivity index (χ1) is 8.74. The first-order valence-electron chi connectivity index (χ1n) is 8.38. The zero-order valence-electron chi connectivity index (χ0n) is 13.4. The molecule has 0 saturated heterocycles. The van der Waals surface area contributed by atoms with Gasteiger partial charge in [-0.2, -0.15) is 0 Å².